The molecule has 20 heavy (non-hydrogen) atoms. The number of nitrogens with zero attached hydrogens (tertiary/aromatic N) is 3. The Morgan fingerprint density at radius 1 is 1.35 bits per heavy atom. The Morgan fingerprint density at radius 2 is 1.95 bits per heavy atom. The van der Waals surface area contributed by atoms with Crippen LogP contribution in [0.15, 0.2) is 45.2 Å². The van der Waals surface area contributed by atoms with E-state index in [1.54, 1.807) is 26.8 Å². The van der Waals surface area contributed by atoms with E-state index in [1.165, 1.54) is 12.1 Å². The molecule has 0 bridgehead atoms. The molecule has 0 aromatic carbocycles. The van der Waals surface area contributed by atoms with Gasteiger partial charge in [0.05, 0.1) is 16.3 Å². The van der Waals surface area contributed by atoms with Crippen molar-refractivity contribution in [2.24, 2.45) is 0 Å². The van der Waals surface area contributed by atoms with Gasteiger partial charge in [-0.05, 0) is 37.3 Å². The van der Waals surface area contributed by atoms with Crippen molar-refractivity contribution in [1.82, 2.24) is 15.5 Å². The smallest absolute Gasteiger partial charge is 0.346 e. The molecule has 1 N–H and O–H groups in total. The number of hydroxylamine groups is 2. The van der Waals surface area contributed by atoms with Crippen LogP contribution in [0.1, 0.15) is 20.8 Å². The van der Waals surface area contributed by atoms with Gasteiger partial charge in [-0.25, -0.2) is 5.43 Å². The van der Waals surface area contributed by atoms with Crippen LogP contribution in [0.5, 0.6) is 0 Å². The number of hydrazine groups is 1. The normalized spacial score (nSPS) is 23.4. The van der Waals surface area contributed by atoms with Crippen LogP contribution >= 0.6 is 11.6 Å². The average Bonchev–Trinajstić information content (AvgIpc) is 2.62. The van der Waals surface area contributed by atoms with Crippen LogP contribution in [-0.2, 0) is 0 Å². The molecular formula is C12H14ClN4O3-. The molecule has 0 fully saturated rings. The van der Waals surface area contributed by atoms with E-state index in [0.717, 1.165) is 0 Å². The molecule has 0 aliphatic carbocycles. The van der Waals surface area contributed by atoms with Gasteiger partial charge in [-0.3, -0.25) is 0 Å². The highest BCUT2D eigenvalue weighted by Crippen LogP contribution is 2.35. The van der Waals surface area contributed by atoms with E-state index in [-0.39, 0.29) is 5.82 Å². The molecule has 0 aromatic rings. The van der Waals surface area contributed by atoms with Crippen molar-refractivity contribution in [1.29, 1.82) is 0 Å². The SMILES string of the molecule is CC1=CC(Cl)=C(C)N([O-])C1=C1NN(C)C([N+](=O)[O-])=C1C. The van der Waals surface area contributed by atoms with Crippen molar-refractivity contribution in [3.8, 4) is 0 Å². The molecule has 2 heterocycles. The van der Waals surface area contributed by atoms with Gasteiger partial charge in [0.15, 0.2) is 0 Å². The molecule has 0 saturated heterocycles. The summed E-state index contributed by atoms with van der Waals surface area (Å²) in [5, 5.41) is 25.7. The number of hydrogen-bond acceptors (Lipinski definition) is 6. The molecule has 108 valence electrons. The second kappa shape index (κ2) is 4.84. The second-order valence-corrected chi connectivity index (χ2v) is 5.06. The van der Waals surface area contributed by atoms with Gasteiger partial charge in [0, 0.05) is 5.70 Å². The van der Waals surface area contributed by atoms with Gasteiger partial charge >= 0.3 is 5.82 Å². The van der Waals surface area contributed by atoms with E-state index in [2.05, 4.69) is 5.43 Å². The van der Waals surface area contributed by atoms with Crippen molar-refractivity contribution < 1.29 is 4.92 Å². The van der Waals surface area contributed by atoms with Crippen molar-refractivity contribution in [2.45, 2.75) is 20.8 Å². The molecule has 0 unspecified atom stereocenters. The fraction of sp³-hybridized carbons (Fsp3) is 0.333. The molecule has 7 nitrogen and oxygen atoms in total. The molecule has 0 atom stereocenters. The molecule has 0 saturated carbocycles. The minimum atomic E-state index is -0.484. The number of hydrogen-bond donors (Lipinski definition) is 1. The summed E-state index contributed by atoms with van der Waals surface area (Å²) in [6, 6.07) is 0. The molecule has 0 radical (unpaired) electrons. The third-order valence-electron chi connectivity index (χ3n) is 3.29. The van der Waals surface area contributed by atoms with E-state index in [9.17, 15) is 15.3 Å². The van der Waals surface area contributed by atoms with Crippen molar-refractivity contribution in [3.63, 3.8) is 0 Å². The van der Waals surface area contributed by atoms with Gasteiger partial charge in [0.25, 0.3) is 0 Å². The Morgan fingerprint density at radius 3 is 2.45 bits per heavy atom. The molecule has 2 rings (SSSR count). The Balaban J connectivity index is 2.62. The van der Waals surface area contributed by atoms with Crippen LogP contribution < -0.4 is 5.43 Å². The maximum Gasteiger partial charge on any atom is 0.346 e. The minimum Gasteiger partial charge on any atom is -0.754 e. The fourth-order valence-corrected chi connectivity index (χ4v) is 2.48. The second-order valence-electron chi connectivity index (χ2n) is 4.66. The summed E-state index contributed by atoms with van der Waals surface area (Å²) in [4.78, 5) is 10.6. The number of allylic oxidation sites excluding steroid dienone is 5. The van der Waals surface area contributed by atoms with Gasteiger partial charge < -0.3 is 20.4 Å². The maximum absolute atomic E-state index is 12.3. The van der Waals surface area contributed by atoms with Crippen LogP contribution in [0.2, 0.25) is 0 Å². The molecule has 0 spiro atoms. The van der Waals surface area contributed by atoms with Gasteiger partial charge in [-0.2, -0.15) is 5.01 Å². The molecule has 0 aromatic heterocycles. The number of halogens is 1. The summed E-state index contributed by atoms with van der Waals surface area (Å²) >= 11 is 5.96. The number of rotatable bonds is 1. The van der Waals surface area contributed by atoms with E-state index in [1.807, 2.05) is 0 Å². The monoisotopic (exact) mass is 297 g/mol. The van der Waals surface area contributed by atoms with Crippen molar-refractivity contribution in [2.75, 3.05) is 7.05 Å². The highest BCUT2D eigenvalue weighted by molar-refractivity contribution is 6.31. The maximum atomic E-state index is 12.3. The number of nitro groups is 1. The van der Waals surface area contributed by atoms with E-state index in [0.29, 0.717) is 38.3 Å². The van der Waals surface area contributed by atoms with Crippen molar-refractivity contribution >= 4 is 11.6 Å². The average molecular weight is 298 g/mol. The van der Waals surface area contributed by atoms with E-state index in [4.69, 9.17) is 11.6 Å². The van der Waals surface area contributed by atoms with E-state index < -0.39 is 4.92 Å². The first-order valence-electron chi connectivity index (χ1n) is 5.88. The van der Waals surface area contributed by atoms with Crippen LogP contribution in [0.25, 0.3) is 0 Å². The summed E-state index contributed by atoms with van der Waals surface area (Å²) in [6.07, 6.45) is 1.67. The summed E-state index contributed by atoms with van der Waals surface area (Å²) in [5.74, 6) is -0.0768. The lowest BCUT2D eigenvalue weighted by Gasteiger charge is -2.38. The first kappa shape index (κ1) is 14.4. The zero-order chi connectivity index (χ0) is 15.2. The molecule has 0 amide bonds. The van der Waals surface area contributed by atoms with Gasteiger partial charge in [-0.15, -0.1) is 0 Å². The van der Waals surface area contributed by atoms with Crippen LogP contribution in [0.4, 0.5) is 0 Å². The lowest BCUT2D eigenvalue weighted by atomic mass is 10.0. The van der Waals surface area contributed by atoms with Crippen LogP contribution in [0.3, 0.4) is 0 Å². The summed E-state index contributed by atoms with van der Waals surface area (Å²) in [7, 11) is 1.53. The highest BCUT2D eigenvalue weighted by atomic mass is 35.5. The lowest BCUT2D eigenvalue weighted by molar-refractivity contribution is -0.446. The van der Waals surface area contributed by atoms with Crippen LogP contribution in [-0.4, -0.2) is 22.0 Å². The quantitative estimate of drug-likeness (QED) is 0.591. The Hall–Kier alpha value is -1.99. The molecule has 8 heteroatoms. The van der Waals surface area contributed by atoms with Gasteiger partial charge in [-0.1, -0.05) is 11.6 Å². The molecule has 2 aliphatic rings. The first-order valence-corrected chi connectivity index (χ1v) is 6.26. The zero-order valence-corrected chi connectivity index (χ0v) is 12.3. The Labute approximate surface area is 121 Å². The predicted octanol–water partition coefficient (Wildman–Crippen LogP) is 2.39. The van der Waals surface area contributed by atoms with Gasteiger partial charge in [0.2, 0.25) is 0 Å². The van der Waals surface area contributed by atoms with E-state index >= 15 is 0 Å². The highest BCUT2D eigenvalue weighted by Gasteiger charge is 2.34. The topological polar surface area (TPSA) is 84.7 Å². The molecular weight excluding hydrogens is 284 g/mol. The number of nitrogens with one attached hydrogen (secondary N) is 1. The van der Waals surface area contributed by atoms with Gasteiger partial charge in [0.1, 0.15) is 12.7 Å². The lowest BCUT2D eigenvalue weighted by Crippen LogP contribution is -2.31. The molecule has 2 aliphatic heterocycles. The van der Waals surface area contributed by atoms with Crippen molar-refractivity contribution in [3.05, 3.63) is 60.5 Å². The standard InChI is InChI=1S/C12H14ClN4O3/c1-6-5-9(13)8(3)16(18)11(6)10-7(2)12(17(19)20)15(4)14-10/h5,14H,1-4H3/q-1. The third kappa shape index (κ3) is 2.04. The minimum absolute atomic E-state index is 0.0768. The third-order valence-corrected chi connectivity index (χ3v) is 3.67. The zero-order valence-electron chi connectivity index (χ0n) is 11.5. The first-order chi connectivity index (χ1) is 9.25. The Kier molecular flexibility index (Phi) is 3.49. The predicted molar refractivity (Wildman–Crippen MR) is 75.1 cm³/mol. The fourth-order valence-electron chi connectivity index (χ4n) is 2.24. The summed E-state index contributed by atoms with van der Waals surface area (Å²) < 4.78 is 0. The Bertz CT molecular complexity index is 618. The summed E-state index contributed by atoms with van der Waals surface area (Å²) in [6.45, 7) is 4.94. The summed E-state index contributed by atoms with van der Waals surface area (Å²) in [5.41, 5.74) is 5.02. The van der Waals surface area contributed by atoms with Crippen LogP contribution in [0, 0.1) is 15.3 Å². The largest absolute Gasteiger partial charge is 0.754 e.